The molecule has 2 heterocycles. The summed E-state index contributed by atoms with van der Waals surface area (Å²) in [5, 5.41) is 9.56. The number of hydrogen-bond acceptors (Lipinski definition) is 5. The van der Waals surface area contributed by atoms with E-state index in [9.17, 15) is 5.11 Å². The predicted molar refractivity (Wildman–Crippen MR) is 90.1 cm³/mol. The van der Waals surface area contributed by atoms with Crippen LogP contribution in [0.2, 0.25) is 0 Å². The van der Waals surface area contributed by atoms with Crippen molar-refractivity contribution in [3.63, 3.8) is 0 Å². The summed E-state index contributed by atoms with van der Waals surface area (Å²) in [5.41, 5.74) is 11.6. The smallest absolute Gasteiger partial charge is 0.123 e. The second-order valence-electron chi connectivity index (χ2n) is 6.57. The van der Waals surface area contributed by atoms with Crippen molar-refractivity contribution in [2.24, 2.45) is 22.4 Å². The number of aliphatic hydroxyl groups excluding tert-OH is 1. The van der Waals surface area contributed by atoms with Gasteiger partial charge in [-0.1, -0.05) is 6.58 Å². The molecule has 0 aromatic carbocycles. The molecule has 2 rings (SSSR count). The van der Waals surface area contributed by atoms with Gasteiger partial charge in [0.15, 0.2) is 0 Å². The normalized spacial score (nSPS) is 26.7. The Bertz CT molecular complexity index is 401. The standard InChI is InChI=1S/C16H31N5O/c1-12(19-13(2)21-10-6-15(17)7-11-21)20-8-3-4-14(5-9-20)16(18)22/h14-16,22H,2-11,17-18H2,1H3. The van der Waals surface area contributed by atoms with E-state index in [2.05, 4.69) is 16.4 Å². The molecule has 0 aromatic rings. The van der Waals surface area contributed by atoms with Gasteiger partial charge in [-0.2, -0.15) is 0 Å². The van der Waals surface area contributed by atoms with Crippen LogP contribution in [-0.4, -0.2) is 59.2 Å². The molecule has 0 aliphatic carbocycles. The molecule has 0 bridgehead atoms. The van der Waals surface area contributed by atoms with E-state index in [0.717, 1.165) is 69.9 Å². The highest BCUT2D eigenvalue weighted by Crippen LogP contribution is 2.20. The Labute approximate surface area is 133 Å². The van der Waals surface area contributed by atoms with Crippen molar-refractivity contribution < 1.29 is 5.11 Å². The van der Waals surface area contributed by atoms with Crippen LogP contribution in [0.15, 0.2) is 17.4 Å². The zero-order chi connectivity index (χ0) is 16.1. The first-order valence-corrected chi connectivity index (χ1v) is 8.40. The van der Waals surface area contributed by atoms with E-state index in [-0.39, 0.29) is 5.92 Å². The fourth-order valence-corrected chi connectivity index (χ4v) is 3.27. The van der Waals surface area contributed by atoms with Gasteiger partial charge in [0.2, 0.25) is 0 Å². The predicted octanol–water partition coefficient (Wildman–Crippen LogP) is 0.678. The molecule has 6 heteroatoms. The molecule has 0 saturated carbocycles. The minimum Gasteiger partial charge on any atom is -0.379 e. The summed E-state index contributed by atoms with van der Waals surface area (Å²) < 4.78 is 0. The van der Waals surface area contributed by atoms with Gasteiger partial charge in [0, 0.05) is 32.2 Å². The van der Waals surface area contributed by atoms with Crippen LogP contribution in [0.1, 0.15) is 39.0 Å². The molecule has 22 heavy (non-hydrogen) atoms. The van der Waals surface area contributed by atoms with Crippen LogP contribution in [0, 0.1) is 5.92 Å². The first kappa shape index (κ1) is 17.2. The largest absolute Gasteiger partial charge is 0.379 e. The van der Waals surface area contributed by atoms with Crippen LogP contribution in [0.5, 0.6) is 0 Å². The minimum absolute atomic E-state index is 0.199. The highest BCUT2D eigenvalue weighted by Gasteiger charge is 2.22. The van der Waals surface area contributed by atoms with Crippen molar-refractivity contribution in [3.05, 3.63) is 12.4 Å². The third-order valence-electron chi connectivity index (χ3n) is 4.91. The lowest BCUT2D eigenvalue weighted by molar-refractivity contribution is 0.106. The average molecular weight is 309 g/mol. The molecule has 2 aliphatic rings. The summed E-state index contributed by atoms with van der Waals surface area (Å²) in [7, 11) is 0. The zero-order valence-corrected chi connectivity index (χ0v) is 13.7. The summed E-state index contributed by atoms with van der Waals surface area (Å²) >= 11 is 0. The van der Waals surface area contributed by atoms with Gasteiger partial charge in [-0.15, -0.1) is 0 Å². The Morgan fingerprint density at radius 3 is 2.41 bits per heavy atom. The number of aliphatic hydroxyl groups is 1. The van der Waals surface area contributed by atoms with Crippen LogP contribution in [0.25, 0.3) is 0 Å². The molecule has 2 saturated heterocycles. The number of hydrogen-bond donors (Lipinski definition) is 3. The highest BCUT2D eigenvalue weighted by atomic mass is 16.3. The monoisotopic (exact) mass is 309 g/mol. The molecular formula is C16H31N5O. The summed E-state index contributed by atoms with van der Waals surface area (Å²) in [6, 6.07) is 0.319. The number of piperidine rings is 1. The van der Waals surface area contributed by atoms with Gasteiger partial charge < -0.3 is 26.4 Å². The fourth-order valence-electron chi connectivity index (χ4n) is 3.27. The van der Waals surface area contributed by atoms with Crippen molar-refractivity contribution >= 4 is 5.84 Å². The van der Waals surface area contributed by atoms with Crippen molar-refractivity contribution in [2.45, 2.75) is 51.3 Å². The quantitative estimate of drug-likeness (QED) is 0.405. The molecule has 2 atom stereocenters. The van der Waals surface area contributed by atoms with E-state index < -0.39 is 6.23 Å². The molecule has 2 aliphatic heterocycles. The topological polar surface area (TPSA) is 91.1 Å². The third-order valence-corrected chi connectivity index (χ3v) is 4.91. The number of aliphatic imine (C=N–C) groups is 1. The first-order chi connectivity index (χ1) is 10.5. The lowest BCUT2D eigenvalue weighted by atomic mass is 9.99. The van der Waals surface area contributed by atoms with E-state index >= 15 is 0 Å². The summed E-state index contributed by atoms with van der Waals surface area (Å²) in [4.78, 5) is 9.20. The highest BCUT2D eigenvalue weighted by molar-refractivity contribution is 5.80. The third kappa shape index (κ3) is 4.69. The maximum atomic E-state index is 9.56. The van der Waals surface area contributed by atoms with Crippen LogP contribution < -0.4 is 11.5 Å². The van der Waals surface area contributed by atoms with E-state index in [0.29, 0.717) is 6.04 Å². The molecule has 0 spiro atoms. The van der Waals surface area contributed by atoms with Crippen molar-refractivity contribution in [2.75, 3.05) is 26.2 Å². The molecule has 126 valence electrons. The number of nitrogens with two attached hydrogens (primary N) is 2. The summed E-state index contributed by atoms with van der Waals surface area (Å²) in [5.74, 6) is 2.04. The van der Waals surface area contributed by atoms with Crippen molar-refractivity contribution in [3.8, 4) is 0 Å². The Morgan fingerprint density at radius 1 is 1.14 bits per heavy atom. The van der Waals surface area contributed by atoms with Crippen LogP contribution >= 0.6 is 0 Å². The van der Waals surface area contributed by atoms with Gasteiger partial charge in [-0.3, -0.25) is 0 Å². The molecule has 0 radical (unpaired) electrons. The fraction of sp³-hybridized carbons (Fsp3) is 0.812. The van der Waals surface area contributed by atoms with Crippen molar-refractivity contribution in [1.29, 1.82) is 0 Å². The summed E-state index contributed by atoms with van der Waals surface area (Å²) in [6.07, 6.45) is 4.24. The molecule has 2 unspecified atom stereocenters. The Morgan fingerprint density at radius 2 is 1.77 bits per heavy atom. The molecular weight excluding hydrogens is 278 g/mol. The first-order valence-electron chi connectivity index (χ1n) is 8.40. The zero-order valence-electron chi connectivity index (χ0n) is 13.7. The van der Waals surface area contributed by atoms with E-state index in [1.807, 2.05) is 6.92 Å². The maximum absolute atomic E-state index is 9.56. The Hall–Kier alpha value is -1.11. The Balaban J connectivity index is 1.89. The van der Waals surface area contributed by atoms with Crippen LogP contribution in [-0.2, 0) is 0 Å². The van der Waals surface area contributed by atoms with Gasteiger partial charge in [0.1, 0.15) is 17.9 Å². The molecule has 5 N–H and O–H groups in total. The minimum atomic E-state index is -0.704. The van der Waals surface area contributed by atoms with Gasteiger partial charge in [-0.25, -0.2) is 4.99 Å². The number of rotatable bonds is 3. The van der Waals surface area contributed by atoms with Crippen LogP contribution in [0.4, 0.5) is 0 Å². The lowest BCUT2D eigenvalue weighted by Crippen LogP contribution is -2.39. The van der Waals surface area contributed by atoms with Gasteiger partial charge in [-0.05, 0) is 44.9 Å². The van der Waals surface area contributed by atoms with E-state index in [1.165, 1.54) is 0 Å². The molecule has 2 fully saturated rings. The SMILES string of the molecule is C=C(N=C(C)N1CCCC(C(N)O)CC1)N1CCC(N)CC1. The maximum Gasteiger partial charge on any atom is 0.123 e. The van der Waals surface area contributed by atoms with Gasteiger partial charge in [0.25, 0.3) is 0 Å². The average Bonchev–Trinajstić information content (AvgIpc) is 2.73. The molecule has 0 amide bonds. The van der Waals surface area contributed by atoms with Crippen molar-refractivity contribution in [1.82, 2.24) is 9.80 Å². The Kier molecular flexibility index (Phi) is 6.23. The van der Waals surface area contributed by atoms with Gasteiger partial charge >= 0.3 is 0 Å². The van der Waals surface area contributed by atoms with E-state index in [1.54, 1.807) is 0 Å². The second kappa shape index (κ2) is 7.94. The van der Waals surface area contributed by atoms with Crippen LogP contribution in [0.3, 0.4) is 0 Å². The lowest BCUT2D eigenvalue weighted by Gasteiger charge is -2.32. The number of likely N-dealkylation sites (tertiary alicyclic amines) is 2. The number of nitrogens with zero attached hydrogens (tertiary/aromatic N) is 3. The van der Waals surface area contributed by atoms with E-state index in [4.69, 9.17) is 16.5 Å². The molecule has 6 nitrogen and oxygen atoms in total. The second-order valence-corrected chi connectivity index (χ2v) is 6.57. The van der Waals surface area contributed by atoms with Gasteiger partial charge in [0.05, 0.1) is 0 Å². The molecule has 0 aromatic heterocycles. The number of amidine groups is 1. The summed E-state index contributed by atoms with van der Waals surface area (Å²) in [6.45, 7) is 9.91.